The third-order valence-electron chi connectivity index (χ3n) is 20.1. The van der Waals surface area contributed by atoms with E-state index in [1.807, 2.05) is 13.8 Å². The van der Waals surface area contributed by atoms with Crippen molar-refractivity contribution in [2.24, 2.45) is 23.1 Å². The molecule has 3 fully saturated rings. The first-order valence-electron chi connectivity index (χ1n) is 35.2. The number of aliphatic carboxylic acids is 1. The van der Waals surface area contributed by atoms with Crippen molar-refractivity contribution in [1.82, 2.24) is 37.2 Å². The second-order valence-electron chi connectivity index (χ2n) is 29.1. The number of carboxylic acids is 1. The zero-order valence-corrected chi connectivity index (χ0v) is 61.1. The molecule has 36 nitrogen and oxygen atoms in total. The summed E-state index contributed by atoms with van der Waals surface area (Å²) in [4.78, 5) is 120. The molecule has 0 aromatic heterocycles. The zero-order valence-electron chi connectivity index (χ0n) is 60.4. The number of nitrogens with one attached hydrogen (secondary N) is 7. The van der Waals surface area contributed by atoms with Gasteiger partial charge in [0.1, 0.15) is 89.5 Å². The molecule has 0 saturated carbocycles. The van der Waals surface area contributed by atoms with Crippen LogP contribution >= 0.6 is 11.6 Å². The van der Waals surface area contributed by atoms with Crippen LogP contribution in [0, 0.1) is 5.92 Å². The number of amides is 7. The second-order valence-corrected chi connectivity index (χ2v) is 29.5. The number of halogens is 1. The number of hydrogen-bond acceptors (Lipinski definition) is 28. The van der Waals surface area contributed by atoms with Crippen molar-refractivity contribution < 1.29 is 127 Å². The van der Waals surface area contributed by atoms with Gasteiger partial charge >= 0.3 is 5.97 Å². The number of ether oxygens (including phenoxy) is 8. The van der Waals surface area contributed by atoms with Crippen LogP contribution in [0.4, 0.5) is 0 Å². The van der Waals surface area contributed by atoms with Gasteiger partial charge in [-0.3, -0.25) is 33.6 Å². The molecule has 5 aromatic carbocycles. The van der Waals surface area contributed by atoms with Crippen molar-refractivity contribution in [3.05, 3.63) is 118 Å². The van der Waals surface area contributed by atoms with Gasteiger partial charge in [-0.2, -0.15) is 0 Å². The number of primary amides is 1. The van der Waals surface area contributed by atoms with Gasteiger partial charge in [-0.1, -0.05) is 49.7 Å². The fourth-order valence-electron chi connectivity index (χ4n) is 14.2. The number of aromatic hydroxyl groups is 3. The Hall–Kier alpha value is -9.61. The standard InChI is InChI=1S/C73H89ClN10O26/c1-27(2)16-39(78-7)64(95)83-54-56(90)32-11-15-43(38(74)18-32)106-45-20-33-19-44(60(45)110-71-61(58(92)57(91)46(26-85)107-71)109-49-25-73(6,77)63(94)29(4)104-49)105-35-12-8-30(9-13-35)59(108-48-24-72(5,76)62(93)28(3)103-48)55-69(100)82-53(70(101)102)37-21-34(86)22-42(88)50(37)36-17-31(10-14-41(36)87)51(66(97)84-55)81-67(98)52(33)80-65(96)40(23-47(75)89)79-68(54)99/h8-15,17-22,27-29,39-40,46,48-49,51-59,61-63,71,78,85-88,90-94H,16,23-26,76-77H2,1-7H3,(H2,75,89)(H,79,99)(H,80,96)(H,81,98)(H,82,100)(H,83,95)(H,84,97)(H,101,102)/t28?,29?,39?,40?,46?,48?,49?,51?,52?,53?,54?,55?,56?,57?,58?,59?,61?,62?,63?,71?,72-,73-/m0/s1. The number of nitrogens with two attached hydrogens (primary N) is 3. The van der Waals surface area contributed by atoms with Crippen molar-refractivity contribution in [2.75, 3.05) is 13.7 Å². The molecule has 8 aliphatic heterocycles. The molecule has 23 N–H and O–H groups in total. The van der Waals surface area contributed by atoms with E-state index in [0.29, 0.717) is 0 Å². The van der Waals surface area contributed by atoms with Crippen LogP contribution < -0.4 is 68.6 Å². The predicted octanol–water partition coefficient (Wildman–Crippen LogP) is -0.310. The molecular weight excluding hydrogens is 1470 g/mol. The maximum absolute atomic E-state index is 16.3. The number of aliphatic hydroxyl groups excluding tert-OH is 6. The van der Waals surface area contributed by atoms with Crippen LogP contribution in [0.15, 0.2) is 84.9 Å². The first kappa shape index (κ1) is 81.4. The summed E-state index contributed by atoms with van der Waals surface area (Å²) in [6, 6.07) is 1.51. The topological polar surface area (TPSA) is 575 Å². The van der Waals surface area contributed by atoms with E-state index in [2.05, 4.69) is 37.2 Å². The Labute approximate surface area is 633 Å². The highest BCUT2D eigenvalue weighted by Crippen LogP contribution is 2.50. The van der Waals surface area contributed by atoms with Gasteiger partial charge in [-0.05, 0) is 124 Å². The number of likely N-dealkylation sites (N-methyl/N-ethyl adjacent to an activating group) is 1. The number of hydrogen-bond donors (Lipinski definition) is 20. The quantitative estimate of drug-likeness (QED) is 0.0639. The number of phenolic OH excluding ortho intramolecular Hbond substituents is 3. The molecule has 5 aromatic rings. The summed E-state index contributed by atoms with van der Waals surface area (Å²) < 4.78 is 51.7. The van der Waals surface area contributed by atoms with Crippen LogP contribution in [-0.4, -0.2) is 215 Å². The number of phenols is 3. The molecule has 0 spiro atoms. The molecule has 594 valence electrons. The van der Waals surface area contributed by atoms with E-state index in [0.717, 1.165) is 48.5 Å². The van der Waals surface area contributed by atoms with Crippen molar-refractivity contribution in [1.29, 1.82) is 0 Å². The van der Waals surface area contributed by atoms with Crippen molar-refractivity contribution in [3.8, 4) is 57.1 Å². The molecule has 22 atom stereocenters. The second kappa shape index (κ2) is 32.8. The average molecular weight is 1560 g/mol. The average Bonchev–Trinajstić information content (AvgIpc) is 0.765. The van der Waals surface area contributed by atoms with Gasteiger partial charge in [0, 0.05) is 46.7 Å². The lowest BCUT2D eigenvalue weighted by atomic mass is 9.86. The predicted molar refractivity (Wildman–Crippen MR) is 381 cm³/mol. The highest BCUT2D eigenvalue weighted by molar-refractivity contribution is 6.32. The first-order chi connectivity index (χ1) is 51.8. The molecule has 7 amide bonds. The number of benzene rings is 5. The molecule has 3 saturated heterocycles. The van der Waals surface area contributed by atoms with Gasteiger partial charge in [0.05, 0.1) is 48.5 Å². The maximum Gasteiger partial charge on any atom is 0.330 e. The smallest absolute Gasteiger partial charge is 0.330 e. The Balaban J connectivity index is 1.18. The van der Waals surface area contributed by atoms with Gasteiger partial charge < -0.3 is 143 Å². The normalized spacial score (nSPS) is 32.2. The fourth-order valence-corrected chi connectivity index (χ4v) is 14.4. The van der Waals surface area contributed by atoms with Crippen molar-refractivity contribution in [2.45, 2.75) is 201 Å². The molecule has 37 heteroatoms. The molecule has 13 rings (SSSR count). The van der Waals surface area contributed by atoms with Gasteiger partial charge in [0.15, 0.2) is 36.2 Å². The summed E-state index contributed by atoms with van der Waals surface area (Å²) in [7, 11) is 1.48. The maximum atomic E-state index is 16.3. The minimum absolute atomic E-state index is 0.0420. The van der Waals surface area contributed by atoms with Crippen LogP contribution in [0.25, 0.3) is 11.1 Å². The fraction of sp³-hybridized carbons (Fsp3) is 0.479. The lowest BCUT2D eigenvalue weighted by molar-refractivity contribution is -0.333. The molecule has 11 bridgehead atoms. The number of aliphatic hydroxyl groups is 6. The van der Waals surface area contributed by atoms with E-state index in [4.69, 9.17) is 66.7 Å². The molecule has 8 heterocycles. The van der Waals surface area contributed by atoms with Crippen molar-refractivity contribution >= 4 is 58.9 Å². The Morgan fingerprint density at radius 1 is 0.673 bits per heavy atom. The van der Waals surface area contributed by atoms with Crippen LogP contribution in [-0.2, 0) is 62.0 Å². The minimum atomic E-state index is -2.34. The Morgan fingerprint density at radius 2 is 1.27 bits per heavy atom. The largest absolute Gasteiger partial charge is 0.508 e. The van der Waals surface area contributed by atoms with Crippen LogP contribution in [0.1, 0.15) is 125 Å². The minimum Gasteiger partial charge on any atom is -0.508 e. The number of carbonyl (C=O) groups is 8. The Bertz CT molecular complexity index is 4350. The number of rotatable bonds is 15. The molecular formula is C73H89ClN10O26. The van der Waals surface area contributed by atoms with Crippen LogP contribution in [0.5, 0.6) is 46.0 Å². The molecule has 8 aliphatic rings. The van der Waals surface area contributed by atoms with Gasteiger partial charge in [0.2, 0.25) is 53.4 Å². The monoisotopic (exact) mass is 1560 g/mol. The highest BCUT2D eigenvalue weighted by Gasteiger charge is 2.52. The van der Waals surface area contributed by atoms with E-state index in [1.54, 1.807) is 0 Å². The molecule has 20 unspecified atom stereocenters. The van der Waals surface area contributed by atoms with Crippen molar-refractivity contribution in [3.63, 3.8) is 0 Å². The zero-order chi connectivity index (χ0) is 80.0. The first-order valence-corrected chi connectivity index (χ1v) is 35.6. The van der Waals surface area contributed by atoms with E-state index in [9.17, 15) is 70.2 Å². The molecule has 0 radical (unpaired) electrons. The Morgan fingerprint density at radius 3 is 1.87 bits per heavy atom. The summed E-state index contributed by atoms with van der Waals surface area (Å²) >= 11 is 7.13. The lowest BCUT2D eigenvalue weighted by Gasteiger charge is -2.47. The summed E-state index contributed by atoms with van der Waals surface area (Å²) in [5.41, 5.74) is 13.6. The Kier molecular flexibility index (Phi) is 24.2. The lowest BCUT2D eigenvalue weighted by Crippen LogP contribution is -2.64. The number of fused-ring (bicyclic) bond motifs is 15. The summed E-state index contributed by atoms with van der Waals surface area (Å²) in [6.45, 7) is 8.66. The highest BCUT2D eigenvalue weighted by atomic mass is 35.5. The van der Waals surface area contributed by atoms with E-state index in [-0.39, 0.29) is 58.4 Å². The van der Waals surface area contributed by atoms with E-state index >= 15 is 19.2 Å². The van der Waals surface area contributed by atoms with Gasteiger partial charge in [0.25, 0.3) is 0 Å². The third-order valence-corrected chi connectivity index (χ3v) is 20.4. The summed E-state index contributed by atoms with van der Waals surface area (Å²) in [6.07, 6.45) is -22.4. The SMILES string of the molecule is CNC(CC(C)C)C(=O)NC1C(=O)NC(CC(N)=O)C(=O)NC2C(=O)NC3C(=O)NC(C(=O)NC(C(=O)O)c4cc(O)cc(O)c4-c4cc3ccc4O)C(OC3C[C@](C)(N)C(O)C(C)O3)c3ccc(cc3)Oc3cc2cc(c3OC2OC(CO)C(O)C(O)C2OC2C[C@](C)(N)C(O)C(C)O2)Oc2ccc(cc2Cl)C1O. The summed E-state index contributed by atoms with van der Waals surface area (Å²) in [5, 5.41) is 132. The van der Waals surface area contributed by atoms with E-state index in [1.165, 1.54) is 71.1 Å². The third kappa shape index (κ3) is 17.3. The number of carbonyl (C=O) groups excluding carboxylic acids is 7. The van der Waals surface area contributed by atoms with Crippen LogP contribution in [0.2, 0.25) is 5.02 Å². The van der Waals surface area contributed by atoms with Gasteiger partial charge in [-0.15, -0.1) is 0 Å². The molecule has 110 heavy (non-hydrogen) atoms. The van der Waals surface area contributed by atoms with E-state index < -0.39 is 250 Å². The van der Waals surface area contributed by atoms with Gasteiger partial charge in [-0.25, -0.2) is 4.79 Å². The van der Waals surface area contributed by atoms with Crippen LogP contribution in [0.3, 0.4) is 0 Å². The molecule has 0 aliphatic carbocycles. The summed E-state index contributed by atoms with van der Waals surface area (Å²) in [5.74, 6) is -15.5. The number of carboxylic acid groups (broad SMARTS) is 1.